The second-order valence-corrected chi connectivity index (χ2v) is 10.6. The molecule has 0 amide bonds. The van der Waals surface area contributed by atoms with E-state index in [2.05, 4.69) is 57.4 Å². The zero-order chi connectivity index (χ0) is 26.3. The fourth-order valence-corrected chi connectivity index (χ4v) is 5.38. The molecule has 8 heteroatoms. The van der Waals surface area contributed by atoms with E-state index >= 15 is 0 Å². The van der Waals surface area contributed by atoms with Gasteiger partial charge in [-0.3, -0.25) is 4.90 Å². The minimum absolute atomic E-state index is 0. The Bertz CT molecular complexity index is 1390. The molecule has 2 heterocycles. The number of ether oxygens (including phenoxy) is 1. The van der Waals surface area contributed by atoms with E-state index in [0.717, 1.165) is 71.9 Å². The molecule has 5 rings (SSSR count). The molecule has 1 aromatic heterocycles. The minimum atomic E-state index is 0. The Hall–Kier alpha value is -3.08. The van der Waals surface area contributed by atoms with Gasteiger partial charge in [0.05, 0.1) is 22.9 Å². The van der Waals surface area contributed by atoms with Crippen molar-refractivity contribution >= 4 is 35.8 Å². The van der Waals surface area contributed by atoms with Crippen molar-refractivity contribution in [1.82, 2.24) is 15.0 Å². The monoisotopic (exact) mass is 580 g/mol. The molecule has 6 nitrogen and oxygen atoms in total. The Morgan fingerprint density at radius 2 is 1.75 bits per heavy atom. The van der Waals surface area contributed by atoms with Crippen LogP contribution in [-0.2, 0) is 26.1 Å². The molecule has 4 aromatic rings. The van der Waals surface area contributed by atoms with Crippen molar-refractivity contribution in [1.29, 1.82) is 5.26 Å². The molecule has 0 radical (unpaired) electrons. The van der Waals surface area contributed by atoms with Crippen LogP contribution < -0.4 is 4.74 Å². The first kappa shape index (κ1) is 31.4. The van der Waals surface area contributed by atoms with Gasteiger partial charge < -0.3 is 14.2 Å². The minimum Gasteiger partial charge on any atom is -0.488 e. The van der Waals surface area contributed by atoms with E-state index < -0.39 is 0 Å². The molecule has 0 aliphatic carbocycles. The molecule has 0 bridgehead atoms. The highest BCUT2D eigenvalue weighted by Gasteiger charge is 2.22. The Labute approximate surface area is 249 Å². The van der Waals surface area contributed by atoms with Crippen molar-refractivity contribution in [2.45, 2.75) is 45.4 Å². The van der Waals surface area contributed by atoms with Crippen molar-refractivity contribution in [3.63, 3.8) is 0 Å². The number of fused-ring (bicyclic) bond motifs is 1. The van der Waals surface area contributed by atoms with Gasteiger partial charge in [0.2, 0.25) is 0 Å². The number of hydrogen-bond donors (Lipinski definition) is 0. The van der Waals surface area contributed by atoms with Crippen LogP contribution in [0.25, 0.3) is 11.0 Å². The third-order valence-corrected chi connectivity index (χ3v) is 7.45. The van der Waals surface area contributed by atoms with Gasteiger partial charge in [-0.05, 0) is 94.2 Å². The number of benzene rings is 3. The topological polar surface area (TPSA) is 65.5 Å². The summed E-state index contributed by atoms with van der Waals surface area (Å²) in [5, 5.41) is 14.8. The second-order valence-electron chi connectivity index (χ2n) is 10.6. The maximum atomic E-state index is 9.19. The molecule has 212 valence electrons. The first-order valence-corrected chi connectivity index (χ1v) is 13.5. The molecule has 0 atom stereocenters. The Morgan fingerprint density at radius 1 is 1.00 bits per heavy atom. The van der Waals surface area contributed by atoms with Crippen LogP contribution in [0.5, 0.6) is 5.75 Å². The maximum absolute atomic E-state index is 9.19. The van der Waals surface area contributed by atoms with Crippen molar-refractivity contribution in [3.05, 3.63) is 94.7 Å². The molecular formula is C32H38Cl2N4O2. The number of aromatic nitrogens is 1. The molecule has 0 spiro atoms. The van der Waals surface area contributed by atoms with Gasteiger partial charge in [-0.1, -0.05) is 47.6 Å². The van der Waals surface area contributed by atoms with Gasteiger partial charge in [-0.25, -0.2) is 0 Å². The largest absolute Gasteiger partial charge is 0.488 e. The van der Waals surface area contributed by atoms with Crippen LogP contribution >= 0.6 is 24.8 Å². The van der Waals surface area contributed by atoms with Crippen LogP contribution in [-0.4, -0.2) is 42.1 Å². The number of piperidine rings is 1. The van der Waals surface area contributed by atoms with E-state index in [0.29, 0.717) is 18.7 Å². The lowest BCUT2D eigenvalue weighted by atomic mass is 9.91. The Balaban J connectivity index is 0.00000220. The fraction of sp³-hybridized carbons (Fsp3) is 0.375. The summed E-state index contributed by atoms with van der Waals surface area (Å²) in [5.74, 6) is 1.52. The summed E-state index contributed by atoms with van der Waals surface area (Å²) >= 11 is 0. The summed E-state index contributed by atoms with van der Waals surface area (Å²) in [6, 6.07) is 24.6. The number of halogens is 2. The normalized spacial score (nSPS) is 13.9. The van der Waals surface area contributed by atoms with Gasteiger partial charge in [-0.2, -0.15) is 5.26 Å². The maximum Gasteiger partial charge on any atom is 0.175 e. The van der Waals surface area contributed by atoms with E-state index in [-0.39, 0.29) is 24.8 Å². The van der Waals surface area contributed by atoms with Gasteiger partial charge in [0.15, 0.2) is 5.58 Å². The Kier molecular flexibility index (Phi) is 11.8. The standard InChI is InChI=1S/C32H36N4O2.2ClH/c1-35(2)22-29-31(37-23-27-10-6-9-26(19-27)20-33)14-12-28-30(34-38-32(28)29)13-11-24-15-17-36(18-16-24)21-25-7-4-3-5-8-25;;/h3-10,12,14,19,24H,11,13,15-18,21-23H2,1-2H3;2*1H. The third-order valence-electron chi connectivity index (χ3n) is 7.45. The smallest absolute Gasteiger partial charge is 0.175 e. The van der Waals surface area contributed by atoms with Gasteiger partial charge in [0.25, 0.3) is 0 Å². The summed E-state index contributed by atoms with van der Waals surface area (Å²) in [6.45, 7) is 4.45. The zero-order valence-electron chi connectivity index (χ0n) is 23.2. The number of aryl methyl sites for hydroxylation is 1. The molecule has 0 N–H and O–H groups in total. The summed E-state index contributed by atoms with van der Waals surface area (Å²) in [7, 11) is 4.08. The molecule has 0 saturated carbocycles. The average Bonchev–Trinajstić information content (AvgIpc) is 3.36. The Morgan fingerprint density at radius 3 is 2.48 bits per heavy atom. The average molecular weight is 582 g/mol. The number of hydrogen-bond acceptors (Lipinski definition) is 6. The third kappa shape index (κ3) is 7.99. The van der Waals surface area contributed by atoms with Gasteiger partial charge >= 0.3 is 0 Å². The highest BCUT2D eigenvalue weighted by molar-refractivity contribution is 5.86. The molecule has 1 fully saturated rings. The van der Waals surface area contributed by atoms with E-state index in [9.17, 15) is 5.26 Å². The molecular weight excluding hydrogens is 543 g/mol. The van der Waals surface area contributed by atoms with Crippen LogP contribution in [0, 0.1) is 17.2 Å². The second kappa shape index (κ2) is 15.1. The van der Waals surface area contributed by atoms with Crippen LogP contribution in [0.4, 0.5) is 0 Å². The zero-order valence-corrected chi connectivity index (χ0v) is 24.8. The molecule has 1 aliphatic heterocycles. The van der Waals surface area contributed by atoms with Gasteiger partial charge in [0, 0.05) is 18.5 Å². The van der Waals surface area contributed by atoms with Crippen molar-refractivity contribution < 1.29 is 9.26 Å². The lowest BCUT2D eigenvalue weighted by Gasteiger charge is -2.31. The van der Waals surface area contributed by atoms with Crippen LogP contribution in [0.3, 0.4) is 0 Å². The van der Waals surface area contributed by atoms with Gasteiger partial charge in [-0.15, -0.1) is 24.8 Å². The quantitative estimate of drug-likeness (QED) is 0.200. The van der Waals surface area contributed by atoms with Crippen LogP contribution in [0.2, 0.25) is 0 Å². The van der Waals surface area contributed by atoms with Gasteiger partial charge in [0.1, 0.15) is 12.4 Å². The van der Waals surface area contributed by atoms with Crippen molar-refractivity contribution in [2.75, 3.05) is 27.2 Å². The van der Waals surface area contributed by atoms with Crippen LogP contribution in [0.15, 0.2) is 71.3 Å². The summed E-state index contributed by atoms with van der Waals surface area (Å²) < 4.78 is 12.1. The predicted molar refractivity (Wildman–Crippen MR) is 164 cm³/mol. The fourth-order valence-electron chi connectivity index (χ4n) is 5.38. The summed E-state index contributed by atoms with van der Waals surface area (Å²) in [6.07, 6.45) is 4.54. The molecule has 0 unspecified atom stereocenters. The van der Waals surface area contributed by atoms with Crippen LogP contribution in [0.1, 0.15) is 47.2 Å². The summed E-state index contributed by atoms with van der Waals surface area (Å²) in [4.78, 5) is 4.69. The van der Waals surface area contributed by atoms with E-state index in [1.807, 2.05) is 38.4 Å². The first-order valence-electron chi connectivity index (χ1n) is 13.5. The predicted octanol–water partition coefficient (Wildman–Crippen LogP) is 7.03. The first-order chi connectivity index (χ1) is 18.6. The number of likely N-dealkylation sites (tertiary alicyclic amines) is 1. The molecule has 40 heavy (non-hydrogen) atoms. The molecule has 3 aromatic carbocycles. The highest BCUT2D eigenvalue weighted by atomic mass is 35.5. The lowest BCUT2D eigenvalue weighted by molar-refractivity contribution is 0.172. The molecule has 1 saturated heterocycles. The SMILES string of the molecule is CN(C)Cc1c(OCc2cccc(C#N)c2)ccc2c(CCC3CCN(Cc4ccccc4)CC3)noc12.Cl.Cl. The van der Waals surface area contributed by atoms with Crippen molar-refractivity contribution in [2.24, 2.45) is 5.92 Å². The van der Waals surface area contributed by atoms with E-state index in [1.165, 1.54) is 18.4 Å². The van der Waals surface area contributed by atoms with E-state index in [1.54, 1.807) is 6.07 Å². The lowest BCUT2D eigenvalue weighted by Crippen LogP contribution is -2.33. The highest BCUT2D eigenvalue weighted by Crippen LogP contribution is 2.33. The number of nitrogens with zero attached hydrogens (tertiary/aromatic N) is 4. The van der Waals surface area contributed by atoms with Crippen molar-refractivity contribution in [3.8, 4) is 11.8 Å². The summed E-state index contributed by atoms with van der Waals surface area (Å²) in [5.41, 5.74) is 5.86. The molecule has 1 aliphatic rings. The van der Waals surface area contributed by atoms with E-state index in [4.69, 9.17) is 9.26 Å². The number of nitriles is 1. The number of rotatable bonds is 10.